The fourth-order valence-corrected chi connectivity index (χ4v) is 16.7. The van der Waals surface area contributed by atoms with Crippen LogP contribution < -0.4 is 5.73 Å². The predicted octanol–water partition coefficient (Wildman–Crippen LogP) is 9.94. The van der Waals surface area contributed by atoms with Crippen LogP contribution in [-0.4, -0.2) is 205 Å². The molecule has 0 spiro atoms. The number of nitrogen functional groups attached to an aromatic ring is 1. The zero-order valence-electron chi connectivity index (χ0n) is 94.7. The number of aliphatic hydroxyl groups excluding tert-OH is 3. The number of sulfonamides is 3. The molecule has 25 nitrogen and oxygen atoms in total. The first-order valence-corrected chi connectivity index (χ1v) is 40.5. The Morgan fingerprint density at radius 3 is 1.05 bits per heavy atom. The van der Waals surface area contributed by atoms with Crippen molar-refractivity contribution in [3.05, 3.63) is 192 Å². The number of aliphatic hydroxyl groups is 3. The normalized spacial score (nSPS) is 37.0. The van der Waals surface area contributed by atoms with E-state index in [4.69, 9.17) is 86.1 Å². The summed E-state index contributed by atoms with van der Waals surface area (Å²) in [5, 5.41) is 34.7. The fraction of sp³-hybridized carbons (Fsp3) is 0.547. The first-order chi connectivity index (χ1) is 65.7. The van der Waals surface area contributed by atoms with E-state index in [0.29, 0.717) is 16.7 Å². The summed E-state index contributed by atoms with van der Waals surface area (Å²) in [6, 6.07) is 42.0. The summed E-state index contributed by atoms with van der Waals surface area (Å²) in [4.78, 5) is 40.1. The number of carbonyl (C=O) groups is 3. The zero-order valence-corrected chi connectivity index (χ0v) is 66.2. The van der Waals surface area contributed by atoms with Gasteiger partial charge in [-0.2, -0.15) is 12.9 Å². The second kappa shape index (κ2) is 41.8. The van der Waals surface area contributed by atoms with E-state index < -0.39 is 259 Å². The van der Waals surface area contributed by atoms with Gasteiger partial charge in [-0.05, 0) is 135 Å². The molecule has 6 aromatic rings. The van der Waals surface area contributed by atoms with Crippen molar-refractivity contribution in [2.24, 2.45) is 53.1 Å². The Bertz CT molecular complexity index is 6020. The van der Waals surface area contributed by atoms with Crippen LogP contribution in [0.15, 0.2) is 178 Å². The van der Waals surface area contributed by atoms with Crippen LogP contribution in [0, 0.1) is 67.0 Å². The molecular formula is C86H116N4O21S3. The van der Waals surface area contributed by atoms with Crippen LogP contribution in [-0.2, 0) is 106 Å². The van der Waals surface area contributed by atoms with Crippen molar-refractivity contribution in [1.29, 1.82) is 0 Å². The molecule has 15 atom stereocenters. The Balaban J connectivity index is 0.000000223. The molecule has 5 N–H and O–H groups in total. The maximum atomic E-state index is 13.9. The van der Waals surface area contributed by atoms with Crippen LogP contribution in [0.5, 0.6) is 0 Å². The van der Waals surface area contributed by atoms with Gasteiger partial charge in [0.2, 0.25) is 30.1 Å². The van der Waals surface area contributed by atoms with Crippen molar-refractivity contribution in [3.63, 3.8) is 0 Å². The summed E-state index contributed by atoms with van der Waals surface area (Å²) >= 11 is 0. The molecule has 624 valence electrons. The number of nitrogens with two attached hydrogens (primary N) is 1. The molecule has 0 unspecified atom stereocenters. The van der Waals surface area contributed by atoms with Crippen molar-refractivity contribution in [3.8, 4) is 0 Å². The van der Waals surface area contributed by atoms with Crippen molar-refractivity contribution in [1.82, 2.24) is 12.9 Å². The van der Waals surface area contributed by atoms with Gasteiger partial charge in [0.25, 0.3) is 0 Å². The number of hydrogen-bond donors (Lipinski definition) is 4. The number of anilines is 1. The lowest BCUT2D eigenvalue weighted by Crippen LogP contribution is -2.43. The summed E-state index contributed by atoms with van der Waals surface area (Å²) in [7, 11) is -13.2. The topological polar surface area (TPSA) is 333 Å². The van der Waals surface area contributed by atoms with Gasteiger partial charge in [0.05, 0.1) is 134 Å². The average Bonchev–Trinajstić information content (AvgIpc) is 1.49. The molecule has 6 fully saturated rings. The molecule has 114 heavy (non-hydrogen) atoms. The molecule has 6 aliphatic heterocycles. The molecule has 12 rings (SSSR count). The van der Waals surface area contributed by atoms with Gasteiger partial charge in [0, 0.05) is 80.5 Å². The van der Waals surface area contributed by atoms with Crippen LogP contribution in [0.2, 0.25) is 0 Å². The van der Waals surface area contributed by atoms with Gasteiger partial charge < -0.3 is 63.7 Å². The van der Waals surface area contributed by atoms with Gasteiger partial charge >= 0.3 is 17.9 Å². The number of hydrogen-bond acceptors (Lipinski definition) is 22. The lowest BCUT2D eigenvalue weighted by molar-refractivity contribution is -0.153. The molecule has 0 bridgehead atoms. The Morgan fingerprint density at radius 2 is 0.746 bits per heavy atom. The van der Waals surface area contributed by atoms with Gasteiger partial charge in [-0.15, -0.1) is 0 Å². The second-order valence-corrected chi connectivity index (χ2v) is 34.0. The quantitative estimate of drug-likeness (QED) is 0.0161. The molecule has 6 aromatic carbocycles. The highest BCUT2D eigenvalue weighted by Crippen LogP contribution is 2.38. The Morgan fingerprint density at radius 1 is 0.447 bits per heavy atom. The smallest absolute Gasteiger partial charge is 0.306 e. The molecule has 0 aliphatic carbocycles. The van der Waals surface area contributed by atoms with E-state index in [1.165, 1.54) is 50.2 Å². The molecule has 0 saturated carbocycles. The van der Waals surface area contributed by atoms with Crippen molar-refractivity contribution in [2.45, 2.75) is 183 Å². The minimum atomic E-state index is -4.81. The summed E-state index contributed by atoms with van der Waals surface area (Å²) < 4.78 is 386. The first-order valence-electron chi connectivity index (χ1n) is 51.7. The molecule has 0 amide bonds. The van der Waals surface area contributed by atoms with E-state index in [0.717, 1.165) is 45.7 Å². The van der Waals surface area contributed by atoms with Crippen LogP contribution in [0.1, 0.15) is 150 Å². The van der Waals surface area contributed by atoms with Crippen LogP contribution in [0.3, 0.4) is 0 Å². The first kappa shape index (κ1) is 55.6. The monoisotopic (exact) mass is 1670 g/mol. The highest BCUT2D eigenvalue weighted by atomic mass is 32.2. The van der Waals surface area contributed by atoms with E-state index in [1.54, 1.807) is 143 Å². The number of rotatable bonds is 36. The number of nitrogens with zero attached hydrogens (tertiary/aromatic N) is 3. The molecular weight excluding hydrogens is 1520 g/mol. The summed E-state index contributed by atoms with van der Waals surface area (Å²) in [5.41, 5.74) is 9.25. The minimum absolute atomic E-state index is 0.00196. The molecule has 0 radical (unpaired) electrons. The van der Waals surface area contributed by atoms with E-state index in [-0.39, 0.29) is 58.1 Å². The summed E-state index contributed by atoms with van der Waals surface area (Å²) in [6.45, 7) is -14.0. The number of aryl methyl sites for hydroxylation is 2. The zero-order chi connectivity index (χ0) is 110. The van der Waals surface area contributed by atoms with Crippen molar-refractivity contribution < 1.29 is 140 Å². The number of benzene rings is 6. The number of fused-ring (bicyclic) bond motifs is 3. The maximum Gasteiger partial charge on any atom is 0.306 e. The van der Waals surface area contributed by atoms with E-state index in [2.05, 4.69) is 4.74 Å². The minimum Gasteiger partial charge on any atom is -0.459 e. The maximum absolute atomic E-state index is 13.9. The number of esters is 3. The SMILES string of the molecule is [2H]C(C)(C)C([2H])([2H])N(C[C@@H](O)[C@@H](CC(=O)O[C@@]1([2H])C([2H])([2H])O[C@@]2([2H])OC([2H])([2H])C([2H])([2H])[C@]21[2H])Cc1ccccc1)S(=O)(=O)c1ccc(N)cc1.[2H]C(C)(C)CN(C[C@@H](O)[C@@H](CC(=O)O[C@@]1([2H])C([2H])([2H])O[C@@]2([2H])OC([2H])([2H])C([2H])([2H])[C@]21[2H])Cc1ccccc1)S(=O)(=O)c1ccc(C)cc1.[2H]C1([2H])O[C@]2([2H])OC([2H])([2H])[C@]([2H])(OC(=O)C[C@@H](Cc3ccccc3)[C@H](O)CN(CC(C)C)S(=O)(=O)c3ccc(C)cc3)[C@]2([2H])C1([2H])[2H]. The summed E-state index contributed by atoms with van der Waals surface area (Å²) in [6.07, 6.45) is -40.2. The molecule has 28 heteroatoms. The third kappa shape index (κ3) is 25.2. The largest absolute Gasteiger partial charge is 0.459 e. The third-order valence-electron chi connectivity index (χ3n) is 17.9. The lowest BCUT2D eigenvalue weighted by Gasteiger charge is -2.30. The fourth-order valence-electron chi connectivity index (χ4n) is 12.1. The third-order valence-corrected chi connectivity index (χ3v) is 23.2. The molecule has 6 saturated heterocycles. The number of carbonyl (C=O) groups excluding carboxylic acids is 3. The highest BCUT2D eigenvalue weighted by Gasteiger charge is 2.47. The van der Waals surface area contributed by atoms with Crippen molar-refractivity contribution >= 4 is 53.7 Å². The van der Waals surface area contributed by atoms with Gasteiger partial charge in [-0.3, -0.25) is 14.4 Å². The lowest BCUT2D eigenvalue weighted by atomic mass is 9.90. The van der Waals surface area contributed by atoms with Gasteiger partial charge in [-0.1, -0.05) is 168 Å². The Labute approximate surface area is 716 Å². The molecule has 6 heterocycles. The second-order valence-electron chi connectivity index (χ2n) is 28.2. The van der Waals surface area contributed by atoms with Crippen molar-refractivity contribution in [2.75, 3.05) is 84.3 Å². The summed E-state index contributed by atoms with van der Waals surface area (Å²) in [5.74, 6) is -22.5. The van der Waals surface area contributed by atoms with Gasteiger partial charge in [0.15, 0.2) is 18.8 Å². The molecule has 6 aliphatic rings. The van der Waals surface area contributed by atoms with Gasteiger partial charge in [-0.25, -0.2) is 25.3 Å². The van der Waals surface area contributed by atoms with E-state index in [9.17, 15) is 55.0 Å². The van der Waals surface area contributed by atoms with Gasteiger partial charge in [0.1, 0.15) is 18.2 Å². The predicted molar refractivity (Wildman–Crippen MR) is 428 cm³/mol. The Hall–Kier alpha value is -7.10. The number of ether oxygens (including phenoxy) is 9. The van der Waals surface area contributed by atoms with Crippen LogP contribution >= 0.6 is 0 Å². The average molecular weight is 1670 g/mol. The standard InChI is InChI=1S/2C29H39NO7S.C28H38N2O7S/c2*1-20(2)17-30(38(33,34)24-11-9-21(3)10-12-24)18-26(31)23(15-22-7-5-4-6-8-22)16-28(32)37-27-19-36-29-25(27)13-14-35-29;1-19(2)16-30(38(33,34)23-10-8-22(29)9-11-23)17-25(31)21(14-20-6-4-3-5-7-20)15-27(32)37-26-18-36-28-24(26)12-13-35-28/h2*4-12,20,23,25-27,29,31H,13-19H2,1-3H3;3-11,19,21,24-26,28,31H,12-18,29H2,1-2H3/t2*23-,25+,26-,27+,29-;21-,24+,25-,26+,28-/m111/s1/i13D2,14D2,19D2,20D,25D,27D,29D;13D2,14D2,19D2,25D,27D,29D;12D2,13D2,16D2,18D2,19D,24D,26D,28D. The van der Waals surface area contributed by atoms with Crippen LogP contribution in [0.4, 0.5) is 5.69 Å². The van der Waals surface area contributed by atoms with E-state index >= 15 is 0 Å². The van der Waals surface area contributed by atoms with Crippen LogP contribution in [0.25, 0.3) is 0 Å². The van der Waals surface area contributed by atoms with E-state index in [1.807, 2.05) is 0 Å². The molecule has 0 aromatic heterocycles. The highest BCUT2D eigenvalue weighted by molar-refractivity contribution is 7.89. The Kier molecular flexibility index (Phi) is 20.4.